The first-order chi connectivity index (χ1) is 12.3. The van der Waals surface area contributed by atoms with Crippen LogP contribution in [0.3, 0.4) is 0 Å². The zero-order valence-corrected chi connectivity index (χ0v) is 15.6. The molecule has 140 valence electrons. The number of ether oxygens (including phenoxy) is 1. The lowest BCUT2D eigenvalue weighted by atomic mass is 9.94. The Morgan fingerprint density at radius 2 is 2.00 bits per heavy atom. The molecule has 3 rings (SSSR count). The van der Waals surface area contributed by atoms with Gasteiger partial charge in [0.05, 0.1) is 35.8 Å². The van der Waals surface area contributed by atoms with Crippen molar-refractivity contribution in [2.75, 3.05) is 18.1 Å². The minimum absolute atomic E-state index is 0.0472. The van der Waals surface area contributed by atoms with Gasteiger partial charge in [0.25, 0.3) is 0 Å². The summed E-state index contributed by atoms with van der Waals surface area (Å²) in [5.74, 6) is -0.556. The number of sulfone groups is 1. The molecule has 1 aromatic carbocycles. The molecule has 2 amide bonds. The van der Waals surface area contributed by atoms with Crippen LogP contribution in [0, 0.1) is 0 Å². The van der Waals surface area contributed by atoms with E-state index in [2.05, 4.69) is 5.32 Å². The SMILES string of the molecule is CCOC(=O)C1=C(C)N([C@@H]2CCS(=O)(=O)C2)C(=O)N[C@@H]1c1ccccc1. The van der Waals surface area contributed by atoms with Crippen molar-refractivity contribution in [3.63, 3.8) is 0 Å². The lowest BCUT2D eigenvalue weighted by Gasteiger charge is -2.38. The molecule has 0 spiro atoms. The van der Waals surface area contributed by atoms with Crippen LogP contribution >= 0.6 is 0 Å². The molecule has 0 aliphatic carbocycles. The number of nitrogens with one attached hydrogen (secondary N) is 1. The van der Waals surface area contributed by atoms with E-state index in [4.69, 9.17) is 4.74 Å². The molecule has 1 saturated heterocycles. The summed E-state index contributed by atoms with van der Waals surface area (Å²) in [4.78, 5) is 26.8. The summed E-state index contributed by atoms with van der Waals surface area (Å²) in [6.45, 7) is 3.60. The average Bonchev–Trinajstić information content (AvgIpc) is 2.94. The molecule has 2 heterocycles. The fourth-order valence-corrected chi connectivity index (χ4v) is 5.24. The number of benzene rings is 1. The minimum atomic E-state index is -3.17. The first kappa shape index (κ1) is 18.4. The van der Waals surface area contributed by atoms with E-state index in [0.29, 0.717) is 17.7 Å². The van der Waals surface area contributed by atoms with Crippen LogP contribution in [0.2, 0.25) is 0 Å². The van der Waals surface area contributed by atoms with E-state index < -0.39 is 33.9 Å². The predicted octanol–water partition coefficient (Wildman–Crippen LogP) is 1.78. The van der Waals surface area contributed by atoms with Crippen LogP contribution in [0.4, 0.5) is 4.79 Å². The molecule has 26 heavy (non-hydrogen) atoms. The molecule has 2 aliphatic rings. The van der Waals surface area contributed by atoms with Crippen LogP contribution in [0.1, 0.15) is 31.9 Å². The lowest BCUT2D eigenvalue weighted by molar-refractivity contribution is -0.139. The van der Waals surface area contributed by atoms with Crippen LogP contribution in [0.5, 0.6) is 0 Å². The van der Waals surface area contributed by atoms with Gasteiger partial charge in [-0.25, -0.2) is 18.0 Å². The molecule has 0 radical (unpaired) electrons. The zero-order chi connectivity index (χ0) is 18.9. The zero-order valence-electron chi connectivity index (χ0n) is 14.8. The average molecular weight is 378 g/mol. The van der Waals surface area contributed by atoms with Crippen LogP contribution in [0.15, 0.2) is 41.6 Å². The van der Waals surface area contributed by atoms with E-state index in [-0.39, 0.29) is 18.1 Å². The third-order valence-corrected chi connectivity index (χ3v) is 6.48. The highest BCUT2D eigenvalue weighted by atomic mass is 32.2. The largest absolute Gasteiger partial charge is 0.463 e. The molecule has 0 unspecified atom stereocenters. The Labute approximate surface area is 152 Å². The smallest absolute Gasteiger partial charge is 0.338 e. The highest BCUT2D eigenvalue weighted by Crippen LogP contribution is 2.34. The van der Waals surface area contributed by atoms with Crippen molar-refractivity contribution < 1.29 is 22.7 Å². The van der Waals surface area contributed by atoms with Crippen molar-refractivity contribution in [2.45, 2.75) is 32.4 Å². The summed E-state index contributed by atoms with van der Waals surface area (Å²) in [5, 5.41) is 2.84. The van der Waals surface area contributed by atoms with Crippen molar-refractivity contribution in [3.8, 4) is 0 Å². The standard InChI is InChI=1S/C18H22N2O5S/c1-3-25-17(21)15-12(2)20(14-9-10-26(23,24)11-14)18(22)19-16(15)13-7-5-4-6-8-13/h4-8,14,16H,3,9-11H2,1-2H3,(H,19,22)/t14-,16-/m1/s1. The number of allylic oxidation sites excluding steroid dienone is 1. The maximum atomic E-state index is 12.7. The van der Waals surface area contributed by atoms with Gasteiger partial charge in [-0.2, -0.15) is 0 Å². The quantitative estimate of drug-likeness (QED) is 0.806. The van der Waals surface area contributed by atoms with Crippen LogP contribution in [-0.4, -0.2) is 49.5 Å². The van der Waals surface area contributed by atoms with Gasteiger partial charge < -0.3 is 10.1 Å². The Kier molecular flexibility index (Phi) is 5.04. The third kappa shape index (κ3) is 3.46. The van der Waals surface area contributed by atoms with Crippen LogP contribution < -0.4 is 5.32 Å². The van der Waals surface area contributed by atoms with Crippen LogP contribution in [-0.2, 0) is 19.4 Å². The molecule has 0 bridgehead atoms. The van der Waals surface area contributed by atoms with Gasteiger partial charge in [0, 0.05) is 5.70 Å². The molecular weight excluding hydrogens is 356 g/mol. The van der Waals surface area contributed by atoms with E-state index in [9.17, 15) is 18.0 Å². The number of esters is 1. The highest BCUT2D eigenvalue weighted by molar-refractivity contribution is 7.91. The number of carbonyl (C=O) groups excluding carboxylic acids is 2. The molecule has 2 atom stereocenters. The predicted molar refractivity (Wildman–Crippen MR) is 95.9 cm³/mol. The summed E-state index contributed by atoms with van der Waals surface area (Å²) >= 11 is 0. The third-order valence-electron chi connectivity index (χ3n) is 4.73. The first-order valence-corrected chi connectivity index (χ1v) is 10.4. The van der Waals surface area contributed by atoms with E-state index in [0.717, 1.165) is 5.56 Å². The van der Waals surface area contributed by atoms with Crippen molar-refractivity contribution >= 4 is 21.8 Å². The second-order valence-electron chi connectivity index (χ2n) is 6.44. The monoisotopic (exact) mass is 378 g/mol. The van der Waals surface area contributed by atoms with Gasteiger partial charge in [0.15, 0.2) is 9.84 Å². The maximum absolute atomic E-state index is 12.7. The fraction of sp³-hybridized carbons (Fsp3) is 0.444. The van der Waals surface area contributed by atoms with Crippen molar-refractivity contribution in [1.29, 1.82) is 0 Å². The fourth-order valence-electron chi connectivity index (χ4n) is 3.54. The molecule has 0 aromatic heterocycles. The summed E-state index contributed by atoms with van der Waals surface area (Å²) < 4.78 is 28.9. The number of urea groups is 1. The molecule has 1 aromatic rings. The summed E-state index contributed by atoms with van der Waals surface area (Å²) in [5.41, 5.74) is 1.55. The second kappa shape index (κ2) is 7.11. The number of amides is 2. The molecule has 7 nitrogen and oxygen atoms in total. The van der Waals surface area contributed by atoms with Crippen molar-refractivity contribution in [1.82, 2.24) is 10.2 Å². The van der Waals surface area contributed by atoms with E-state index in [1.165, 1.54) is 4.90 Å². The Hall–Kier alpha value is -2.35. The van der Waals surface area contributed by atoms with E-state index in [1.807, 2.05) is 30.3 Å². The molecule has 0 saturated carbocycles. The number of hydrogen-bond donors (Lipinski definition) is 1. The molecule has 1 N–H and O–H groups in total. The maximum Gasteiger partial charge on any atom is 0.338 e. The summed E-state index contributed by atoms with van der Waals surface area (Å²) in [7, 11) is -3.17. The molecule has 8 heteroatoms. The number of rotatable bonds is 4. The van der Waals surface area contributed by atoms with Gasteiger partial charge in [-0.15, -0.1) is 0 Å². The Bertz CT molecular complexity index is 848. The summed E-state index contributed by atoms with van der Waals surface area (Å²) in [6, 6.07) is 7.67. The van der Waals surface area contributed by atoms with Gasteiger partial charge in [-0.3, -0.25) is 4.90 Å². The highest BCUT2D eigenvalue weighted by Gasteiger charge is 2.42. The normalized spacial score (nSPS) is 25.2. The van der Waals surface area contributed by atoms with Crippen molar-refractivity contribution in [2.24, 2.45) is 0 Å². The Morgan fingerprint density at radius 1 is 1.31 bits per heavy atom. The van der Waals surface area contributed by atoms with Crippen molar-refractivity contribution in [3.05, 3.63) is 47.2 Å². The lowest BCUT2D eigenvalue weighted by Crippen LogP contribution is -2.52. The Morgan fingerprint density at radius 3 is 2.58 bits per heavy atom. The van der Waals surface area contributed by atoms with Gasteiger partial charge in [0.1, 0.15) is 0 Å². The first-order valence-electron chi connectivity index (χ1n) is 8.57. The number of hydrogen-bond acceptors (Lipinski definition) is 5. The molecule has 1 fully saturated rings. The van der Waals surface area contributed by atoms with E-state index in [1.54, 1.807) is 13.8 Å². The minimum Gasteiger partial charge on any atom is -0.463 e. The second-order valence-corrected chi connectivity index (χ2v) is 8.67. The molecule has 2 aliphatic heterocycles. The number of carbonyl (C=O) groups is 2. The van der Waals surface area contributed by atoms with Gasteiger partial charge >= 0.3 is 12.0 Å². The Balaban J connectivity index is 2.05. The molecular formula is C18H22N2O5S. The topological polar surface area (TPSA) is 92.8 Å². The van der Waals surface area contributed by atoms with Crippen LogP contribution in [0.25, 0.3) is 0 Å². The van der Waals surface area contributed by atoms with Gasteiger partial charge in [0.2, 0.25) is 0 Å². The van der Waals surface area contributed by atoms with Gasteiger partial charge in [-0.05, 0) is 25.8 Å². The summed E-state index contributed by atoms with van der Waals surface area (Å²) in [6.07, 6.45) is 0.360. The van der Waals surface area contributed by atoms with E-state index >= 15 is 0 Å². The number of nitrogens with zero attached hydrogens (tertiary/aromatic N) is 1. The van der Waals surface area contributed by atoms with Gasteiger partial charge in [-0.1, -0.05) is 30.3 Å².